The standard InChI is InChI=1S/C11H12I2O2/c1-2-3-4-8-9(12)5-7(11(14)15)6-10(8)13/h5-6H,2-4H2,1H3,(H,14,15). The third-order valence-electron chi connectivity index (χ3n) is 2.17. The highest BCUT2D eigenvalue weighted by atomic mass is 127. The Morgan fingerprint density at radius 1 is 1.33 bits per heavy atom. The van der Waals surface area contributed by atoms with Crippen LogP contribution in [0.5, 0.6) is 0 Å². The highest BCUT2D eigenvalue weighted by Crippen LogP contribution is 2.23. The van der Waals surface area contributed by atoms with E-state index in [4.69, 9.17) is 5.11 Å². The lowest BCUT2D eigenvalue weighted by Gasteiger charge is -2.08. The van der Waals surface area contributed by atoms with Gasteiger partial charge in [0.15, 0.2) is 0 Å². The minimum Gasteiger partial charge on any atom is -0.478 e. The lowest BCUT2D eigenvalue weighted by molar-refractivity contribution is 0.0696. The Hall–Kier alpha value is 0.150. The number of hydrogen-bond donors (Lipinski definition) is 1. The van der Waals surface area contributed by atoms with Crippen LogP contribution in [0.15, 0.2) is 12.1 Å². The molecule has 0 bridgehead atoms. The van der Waals surface area contributed by atoms with Crippen molar-refractivity contribution in [2.24, 2.45) is 0 Å². The minimum absolute atomic E-state index is 0.379. The van der Waals surface area contributed by atoms with Gasteiger partial charge < -0.3 is 5.11 Å². The van der Waals surface area contributed by atoms with E-state index in [1.807, 2.05) is 0 Å². The smallest absolute Gasteiger partial charge is 0.335 e. The predicted octanol–water partition coefficient (Wildman–Crippen LogP) is 3.94. The van der Waals surface area contributed by atoms with Crippen molar-refractivity contribution in [2.75, 3.05) is 0 Å². The van der Waals surface area contributed by atoms with E-state index in [9.17, 15) is 4.79 Å². The molecule has 0 fully saturated rings. The number of rotatable bonds is 4. The molecule has 0 aliphatic rings. The summed E-state index contributed by atoms with van der Waals surface area (Å²) < 4.78 is 2.12. The molecule has 1 rings (SSSR count). The molecule has 0 aromatic heterocycles. The summed E-state index contributed by atoms with van der Waals surface area (Å²) in [5, 5.41) is 8.89. The van der Waals surface area contributed by atoms with Gasteiger partial charge in [-0.05, 0) is 75.7 Å². The monoisotopic (exact) mass is 430 g/mol. The summed E-state index contributed by atoms with van der Waals surface area (Å²) in [6, 6.07) is 3.49. The van der Waals surface area contributed by atoms with Gasteiger partial charge in [-0.15, -0.1) is 0 Å². The Balaban J connectivity index is 3.04. The second kappa shape index (κ2) is 6.03. The summed E-state index contributed by atoms with van der Waals surface area (Å²) >= 11 is 4.43. The molecule has 15 heavy (non-hydrogen) atoms. The molecular formula is C11H12I2O2. The van der Waals surface area contributed by atoms with Gasteiger partial charge >= 0.3 is 5.97 Å². The summed E-state index contributed by atoms with van der Waals surface area (Å²) in [5.74, 6) is -0.854. The Labute approximate surface area is 117 Å². The summed E-state index contributed by atoms with van der Waals surface area (Å²) in [7, 11) is 0. The average molecular weight is 430 g/mol. The zero-order valence-corrected chi connectivity index (χ0v) is 12.7. The van der Waals surface area contributed by atoms with Crippen molar-refractivity contribution in [3.63, 3.8) is 0 Å². The van der Waals surface area contributed by atoms with Crippen LogP contribution in [-0.2, 0) is 6.42 Å². The predicted molar refractivity (Wildman–Crippen MR) is 77.4 cm³/mol. The molecule has 0 amide bonds. The SMILES string of the molecule is CCCCc1c(I)cc(C(=O)O)cc1I. The molecule has 1 aromatic carbocycles. The van der Waals surface area contributed by atoms with Crippen molar-refractivity contribution < 1.29 is 9.90 Å². The minimum atomic E-state index is -0.854. The fourth-order valence-corrected chi connectivity index (χ4v) is 3.63. The Bertz CT molecular complexity index is 352. The first kappa shape index (κ1) is 13.2. The number of carboxylic acid groups (broad SMARTS) is 1. The van der Waals surface area contributed by atoms with E-state index in [-0.39, 0.29) is 0 Å². The fraction of sp³-hybridized carbons (Fsp3) is 0.364. The Kier molecular flexibility index (Phi) is 5.31. The highest BCUT2D eigenvalue weighted by Gasteiger charge is 2.10. The van der Waals surface area contributed by atoms with Gasteiger partial charge in [-0.2, -0.15) is 0 Å². The maximum absolute atomic E-state index is 10.8. The number of aromatic carboxylic acids is 1. The largest absolute Gasteiger partial charge is 0.478 e. The molecular weight excluding hydrogens is 418 g/mol. The van der Waals surface area contributed by atoms with Crippen LogP contribution in [0.1, 0.15) is 35.7 Å². The third kappa shape index (κ3) is 3.58. The Morgan fingerprint density at radius 2 is 1.87 bits per heavy atom. The van der Waals surface area contributed by atoms with Crippen LogP contribution in [0.25, 0.3) is 0 Å². The number of unbranched alkanes of at least 4 members (excludes halogenated alkanes) is 1. The van der Waals surface area contributed by atoms with Gasteiger partial charge in [-0.3, -0.25) is 0 Å². The maximum Gasteiger partial charge on any atom is 0.335 e. The van der Waals surface area contributed by atoms with Crippen molar-refractivity contribution in [3.05, 3.63) is 30.4 Å². The molecule has 0 radical (unpaired) electrons. The fourth-order valence-electron chi connectivity index (χ4n) is 1.32. The zero-order chi connectivity index (χ0) is 11.4. The van der Waals surface area contributed by atoms with E-state index in [1.165, 1.54) is 5.56 Å². The molecule has 0 unspecified atom stereocenters. The molecule has 0 heterocycles. The lowest BCUT2D eigenvalue weighted by Crippen LogP contribution is -2.01. The van der Waals surface area contributed by atoms with E-state index in [0.717, 1.165) is 26.4 Å². The number of carbonyl (C=O) groups is 1. The number of benzene rings is 1. The molecule has 1 N–H and O–H groups in total. The normalized spacial score (nSPS) is 10.3. The number of hydrogen-bond acceptors (Lipinski definition) is 1. The van der Waals surface area contributed by atoms with Gasteiger partial charge in [0.25, 0.3) is 0 Å². The van der Waals surface area contributed by atoms with Gasteiger partial charge in [0.05, 0.1) is 5.56 Å². The van der Waals surface area contributed by atoms with E-state index in [2.05, 4.69) is 52.1 Å². The molecule has 0 saturated carbocycles. The molecule has 82 valence electrons. The Morgan fingerprint density at radius 3 is 2.27 bits per heavy atom. The van der Waals surface area contributed by atoms with Crippen LogP contribution in [0.4, 0.5) is 0 Å². The van der Waals surface area contributed by atoms with Gasteiger partial charge in [0.2, 0.25) is 0 Å². The summed E-state index contributed by atoms with van der Waals surface area (Å²) in [6.07, 6.45) is 3.35. The van der Waals surface area contributed by atoms with Gasteiger partial charge in [0, 0.05) is 7.14 Å². The van der Waals surface area contributed by atoms with Crippen LogP contribution in [0.3, 0.4) is 0 Å². The van der Waals surface area contributed by atoms with E-state index >= 15 is 0 Å². The molecule has 0 aliphatic carbocycles. The molecule has 0 spiro atoms. The molecule has 4 heteroatoms. The van der Waals surface area contributed by atoms with Crippen molar-refractivity contribution in [1.29, 1.82) is 0 Å². The molecule has 1 aromatic rings. The second-order valence-corrected chi connectivity index (χ2v) is 5.65. The van der Waals surface area contributed by atoms with Gasteiger partial charge in [0.1, 0.15) is 0 Å². The number of halogens is 2. The van der Waals surface area contributed by atoms with Gasteiger partial charge in [-0.25, -0.2) is 4.79 Å². The van der Waals surface area contributed by atoms with Crippen molar-refractivity contribution in [3.8, 4) is 0 Å². The number of carboxylic acids is 1. The van der Waals surface area contributed by atoms with Crippen molar-refractivity contribution >= 4 is 51.2 Å². The van der Waals surface area contributed by atoms with Crippen LogP contribution >= 0.6 is 45.2 Å². The van der Waals surface area contributed by atoms with Crippen LogP contribution in [-0.4, -0.2) is 11.1 Å². The highest BCUT2D eigenvalue weighted by molar-refractivity contribution is 14.1. The van der Waals surface area contributed by atoms with Crippen molar-refractivity contribution in [2.45, 2.75) is 26.2 Å². The molecule has 0 atom stereocenters. The summed E-state index contributed by atoms with van der Waals surface area (Å²) in [4.78, 5) is 10.8. The van der Waals surface area contributed by atoms with Crippen molar-refractivity contribution in [1.82, 2.24) is 0 Å². The molecule has 2 nitrogen and oxygen atoms in total. The van der Waals surface area contributed by atoms with E-state index < -0.39 is 5.97 Å². The zero-order valence-electron chi connectivity index (χ0n) is 8.39. The quantitative estimate of drug-likeness (QED) is 0.736. The van der Waals surface area contributed by atoms with E-state index in [1.54, 1.807) is 12.1 Å². The lowest BCUT2D eigenvalue weighted by atomic mass is 10.1. The topological polar surface area (TPSA) is 37.3 Å². The first-order chi connectivity index (χ1) is 7.06. The summed E-state index contributed by atoms with van der Waals surface area (Å²) in [5.41, 5.74) is 1.66. The molecule has 0 saturated heterocycles. The van der Waals surface area contributed by atoms with Crippen LogP contribution in [0.2, 0.25) is 0 Å². The first-order valence-corrected chi connectivity index (χ1v) is 6.93. The average Bonchev–Trinajstić information content (AvgIpc) is 2.16. The summed E-state index contributed by atoms with van der Waals surface area (Å²) in [6.45, 7) is 2.16. The van der Waals surface area contributed by atoms with Crippen LogP contribution in [0, 0.1) is 7.14 Å². The molecule has 0 aliphatic heterocycles. The first-order valence-electron chi connectivity index (χ1n) is 4.77. The van der Waals surface area contributed by atoms with E-state index in [0.29, 0.717) is 5.56 Å². The van der Waals surface area contributed by atoms with Crippen LogP contribution < -0.4 is 0 Å². The maximum atomic E-state index is 10.8. The third-order valence-corrected chi connectivity index (χ3v) is 4.09. The van der Waals surface area contributed by atoms with Gasteiger partial charge in [-0.1, -0.05) is 13.3 Å². The second-order valence-electron chi connectivity index (χ2n) is 3.33.